The Morgan fingerprint density at radius 3 is 2.53 bits per heavy atom. The Morgan fingerprint density at radius 1 is 1.06 bits per heavy atom. The molecular formula is C24H20ClN3O3S. The quantitative estimate of drug-likeness (QED) is 0.301. The average Bonchev–Trinajstić information content (AvgIpc) is 2.80. The Balaban J connectivity index is 1.66. The van der Waals surface area contributed by atoms with Gasteiger partial charge in [0, 0.05) is 0 Å². The van der Waals surface area contributed by atoms with Crippen molar-refractivity contribution in [3.63, 3.8) is 0 Å². The second kappa shape index (κ2) is 9.89. The number of carbonyl (C=O) groups is 1. The number of hydrogen-bond donors (Lipinski definition) is 1. The number of benzene rings is 3. The van der Waals surface area contributed by atoms with Crippen molar-refractivity contribution in [2.24, 2.45) is 0 Å². The number of para-hydroxylation sites is 2. The molecule has 0 atom stereocenters. The third kappa shape index (κ3) is 4.79. The van der Waals surface area contributed by atoms with Crippen LogP contribution in [0.4, 0.5) is 5.69 Å². The number of carbonyl (C=O) groups excluding carboxylic acids is 1. The number of anilines is 1. The molecule has 0 spiro atoms. The smallest absolute Gasteiger partial charge is 0.266 e. The standard InChI is InChI=1S/C24H20ClN3O3S/c1-2-31-17-13-11-16(12-14-17)28-23(30)18-7-3-5-9-20(18)27-24(28)32-15-22(29)26-21-10-6-4-8-19(21)25/h3-14H,2,15H2,1H3,(H,26,29). The van der Waals surface area contributed by atoms with Crippen LogP contribution in [0.15, 0.2) is 82.7 Å². The molecule has 0 aliphatic carbocycles. The molecule has 8 heteroatoms. The minimum atomic E-state index is -0.247. The number of hydrogen-bond acceptors (Lipinski definition) is 5. The van der Waals surface area contributed by atoms with E-state index in [0.29, 0.717) is 44.8 Å². The van der Waals surface area contributed by atoms with Crippen molar-refractivity contribution < 1.29 is 9.53 Å². The lowest BCUT2D eigenvalue weighted by molar-refractivity contribution is -0.113. The molecule has 32 heavy (non-hydrogen) atoms. The van der Waals surface area contributed by atoms with Crippen LogP contribution in [0.2, 0.25) is 5.02 Å². The number of thioether (sulfide) groups is 1. The highest BCUT2D eigenvalue weighted by molar-refractivity contribution is 7.99. The lowest BCUT2D eigenvalue weighted by Crippen LogP contribution is -2.23. The van der Waals surface area contributed by atoms with E-state index in [9.17, 15) is 9.59 Å². The first-order valence-electron chi connectivity index (χ1n) is 9.99. The van der Waals surface area contributed by atoms with Crippen molar-refractivity contribution in [2.75, 3.05) is 17.7 Å². The number of rotatable bonds is 7. The van der Waals surface area contributed by atoms with Gasteiger partial charge in [0.15, 0.2) is 5.16 Å². The molecular weight excluding hydrogens is 446 g/mol. The van der Waals surface area contributed by atoms with Crippen molar-refractivity contribution in [1.82, 2.24) is 9.55 Å². The Hall–Kier alpha value is -3.29. The fraction of sp³-hybridized carbons (Fsp3) is 0.125. The van der Waals surface area contributed by atoms with Crippen molar-refractivity contribution in [2.45, 2.75) is 12.1 Å². The van der Waals surface area contributed by atoms with E-state index >= 15 is 0 Å². The first-order chi connectivity index (χ1) is 15.6. The maximum atomic E-state index is 13.3. The largest absolute Gasteiger partial charge is 0.494 e. The highest BCUT2D eigenvalue weighted by atomic mass is 35.5. The highest BCUT2D eigenvalue weighted by Gasteiger charge is 2.15. The molecule has 0 radical (unpaired) electrons. The number of nitrogens with one attached hydrogen (secondary N) is 1. The van der Waals surface area contributed by atoms with Crippen molar-refractivity contribution in [3.8, 4) is 11.4 Å². The molecule has 1 aromatic heterocycles. The molecule has 0 fully saturated rings. The van der Waals surface area contributed by atoms with Gasteiger partial charge in [0.25, 0.3) is 5.56 Å². The van der Waals surface area contributed by atoms with Gasteiger partial charge in [-0.2, -0.15) is 0 Å². The molecule has 3 aromatic carbocycles. The van der Waals surface area contributed by atoms with Crippen molar-refractivity contribution in [3.05, 3.63) is 88.2 Å². The summed E-state index contributed by atoms with van der Waals surface area (Å²) >= 11 is 7.31. The molecule has 162 valence electrons. The molecule has 6 nitrogen and oxygen atoms in total. The Bertz CT molecular complexity index is 1320. The van der Waals surface area contributed by atoms with Gasteiger partial charge in [-0.3, -0.25) is 14.2 Å². The lowest BCUT2D eigenvalue weighted by atomic mass is 10.2. The minimum absolute atomic E-state index is 0.0625. The summed E-state index contributed by atoms with van der Waals surface area (Å²) in [5.74, 6) is 0.530. The molecule has 0 aliphatic heterocycles. The van der Waals surface area contributed by atoms with Crippen LogP contribution < -0.4 is 15.6 Å². The number of fused-ring (bicyclic) bond motifs is 1. The summed E-state index contributed by atoms with van der Waals surface area (Å²) in [5.41, 5.74) is 1.56. The molecule has 4 aromatic rings. The van der Waals surface area contributed by atoms with E-state index in [-0.39, 0.29) is 17.2 Å². The second-order valence-corrected chi connectivity index (χ2v) is 8.15. The first-order valence-corrected chi connectivity index (χ1v) is 11.4. The van der Waals surface area contributed by atoms with E-state index in [1.54, 1.807) is 66.7 Å². The zero-order chi connectivity index (χ0) is 22.5. The minimum Gasteiger partial charge on any atom is -0.494 e. The topological polar surface area (TPSA) is 73.2 Å². The number of ether oxygens (including phenoxy) is 1. The number of halogens is 1. The van der Waals surface area contributed by atoms with E-state index in [4.69, 9.17) is 16.3 Å². The van der Waals surface area contributed by atoms with Gasteiger partial charge in [-0.15, -0.1) is 0 Å². The molecule has 0 unspecified atom stereocenters. The third-order valence-corrected chi connectivity index (χ3v) is 5.90. The van der Waals surface area contributed by atoms with Gasteiger partial charge in [0.1, 0.15) is 5.75 Å². The summed E-state index contributed by atoms with van der Waals surface area (Å²) in [6.07, 6.45) is 0. The van der Waals surface area contributed by atoms with Gasteiger partial charge >= 0.3 is 0 Å². The van der Waals surface area contributed by atoms with Gasteiger partial charge in [-0.25, -0.2) is 4.98 Å². The third-order valence-electron chi connectivity index (χ3n) is 4.63. The fourth-order valence-corrected chi connectivity index (χ4v) is 4.17. The highest BCUT2D eigenvalue weighted by Crippen LogP contribution is 2.24. The summed E-state index contributed by atoms with van der Waals surface area (Å²) in [7, 11) is 0. The van der Waals surface area contributed by atoms with Crippen LogP contribution in [-0.2, 0) is 4.79 Å². The zero-order valence-corrected chi connectivity index (χ0v) is 18.8. The van der Waals surface area contributed by atoms with Gasteiger partial charge in [0.2, 0.25) is 5.91 Å². The van der Waals surface area contributed by atoms with E-state index in [2.05, 4.69) is 10.3 Å². The van der Waals surface area contributed by atoms with Crippen molar-refractivity contribution >= 4 is 45.9 Å². The van der Waals surface area contributed by atoms with Gasteiger partial charge in [-0.05, 0) is 55.5 Å². The van der Waals surface area contributed by atoms with Gasteiger partial charge in [0.05, 0.1) is 39.7 Å². The summed E-state index contributed by atoms with van der Waals surface area (Å²) in [6.45, 7) is 2.46. The number of amides is 1. The summed E-state index contributed by atoms with van der Waals surface area (Å²) in [5, 5.41) is 4.18. The predicted molar refractivity (Wildman–Crippen MR) is 129 cm³/mol. The Kier molecular flexibility index (Phi) is 6.78. The van der Waals surface area contributed by atoms with Crippen LogP contribution in [0.25, 0.3) is 16.6 Å². The normalized spacial score (nSPS) is 10.8. The van der Waals surface area contributed by atoms with Crippen LogP contribution in [0.5, 0.6) is 5.75 Å². The van der Waals surface area contributed by atoms with Crippen LogP contribution in [0, 0.1) is 0 Å². The summed E-state index contributed by atoms with van der Waals surface area (Å²) in [4.78, 5) is 30.5. The van der Waals surface area contributed by atoms with Gasteiger partial charge < -0.3 is 10.1 Å². The first kappa shape index (κ1) is 21.9. The van der Waals surface area contributed by atoms with E-state index in [1.807, 2.05) is 13.0 Å². The number of aromatic nitrogens is 2. The maximum Gasteiger partial charge on any atom is 0.266 e. The fourth-order valence-electron chi connectivity index (χ4n) is 3.17. The molecule has 0 bridgehead atoms. The summed E-state index contributed by atoms with van der Waals surface area (Å²) < 4.78 is 7.02. The molecule has 0 saturated carbocycles. The monoisotopic (exact) mass is 465 g/mol. The van der Waals surface area contributed by atoms with E-state index in [0.717, 1.165) is 0 Å². The molecule has 4 rings (SSSR count). The average molecular weight is 466 g/mol. The van der Waals surface area contributed by atoms with Crippen LogP contribution in [0.3, 0.4) is 0 Å². The molecule has 1 heterocycles. The van der Waals surface area contributed by atoms with Crippen LogP contribution in [0.1, 0.15) is 6.92 Å². The lowest BCUT2D eigenvalue weighted by Gasteiger charge is -2.14. The SMILES string of the molecule is CCOc1ccc(-n2c(SCC(=O)Nc3ccccc3Cl)nc3ccccc3c2=O)cc1. The van der Waals surface area contributed by atoms with E-state index < -0.39 is 0 Å². The zero-order valence-electron chi connectivity index (χ0n) is 17.2. The molecule has 1 N–H and O–H groups in total. The van der Waals surface area contributed by atoms with Crippen LogP contribution >= 0.6 is 23.4 Å². The Labute approximate surface area is 194 Å². The van der Waals surface area contributed by atoms with Crippen LogP contribution in [-0.4, -0.2) is 27.8 Å². The molecule has 1 amide bonds. The maximum absolute atomic E-state index is 13.3. The Morgan fingerprint density at radius 2 is 1.78 bits per heavy atom. The molecule has 0 saturated heterocycles. The van der Waals surface area contributed by atoms with Crippen molar-refractivity contribution in [1.29, 1.82) is 0 Å². The van der Waals surface area contributed by atoms with E-state index in [1.165, 1.54) is 16.3 Å². The second-order valence-electron chi connectivity index (χ2n) is 6.80. The predicted octanol–water partition coefficient (Wildman–Crippen LogP) is 5.17. The summed E-state index contributed by atoms with van der Waals surface area (Å²) in [6, 6.07) is 21.4. The number of nitrogens with zero attached hydrogens (tertiary/aromatic N) is 2. The molecule has 0 aliphatic rings. The van der Waals surface area contributed by atoms with Gasteiger partial charge in [-0.1, -0.05) is 47.6 Å².